The number of aromatic nitrogens is 1. The van der Waals surface area contributed by atoms with E-state index in [1.54, 1.807) is 17.6 Å². The number of thiophene rings is 1. The fourth-order valence-electron chi connectivity index (χ4n) is 3.75. The van der Waals surface area contributed by atoms with Gasteiger partial charge in [-0.25, -0.2) is 9.78 Å². The first kappa shape index (κ1) is 20.6. The van der Waals surface area contributed by atoms with Crippen LogP contribution in [0.25, 0.3) is 11.5 Å². The largest absolute Gasteiger partial charge is 0.444 e. The molecule has 1 aliphatic rings. The molecule has 1 atom stereocenters. The second kappa shape index (κ2) is 9.91. The Morgan fingerprint density at radius 2 is 2.00 bits per heavy atom. The normalized spacial score (nSPS) is 15.2. The molecular formula is C23H28N4O2S. The Morgan fingerprint density at radius 1 is 1.20 bits per heavy atom. The highest BCUT2D eigenvalue weighted by Gasteiger charge is 2.24. The van der Waals surface area contributed by atoms with Crippen LogP contribution >= 0.6 is 11.3 Å². The van der Waals surface area contributed by atoms with E-state index >= 15 is 0 Å². The summed E-state index contributed by atoms with van der Waals surface area (Å²) in [6.45, 7) is 5.38. The molecule has 1 saturated heterocycles. The maximum Gasteiger partial charge on any atom is 0.314 e. The molecule has 2 amide bonds. The molecule has 0 saturated carbocycles. The van der Waals surface area contributed by atoms with E-state index < -0.39 is 0 Å². The molecule has 3 heterocycles. The van der Waals surface area contributed by atoms with Crippen LogP contribution in [0.4, 0.5) is 4.79 Å². The number of rotatable bonds is 8. The number of nitrogens with one attached hydrogen (secondary N) is 2. The molecule has 0 aliphatic carbocycles. The Hall–Kier alpha value is -2.64. The number of carbonyl (C=O) groups is 1. The van der Waals surface area contributed by atoms with Crippen molar-refractivity contribution < 1.29 is 9.21 Å². The van der Waals surface area contributed by atoms with Gasteiger partial charge in [0.05, 0.1) is 11.7 Å². The summed E-state index contributed by atoms with van der Waals surface area (Å²) in [7, 11) is 0. The van der Waals surface area contributed by atoms with Crippen molar-refractivity contribution in [1.29, 1.82) is 0 Å². The van der Waals surface area contributed by atoms with E-state index in [0.717, 1.165) is 24.3 Å². The topological polar surface area (TPSA) is 70.4 Å². The summed E-state index contributed by atoms with van der Waals surface area (Å²) in [6.07, 6.45) is 4.75. The Morgan fingerprint density at radius 3 is 2.73 bits per heavy atom. The first-order chi connectivity index (χ1) is 14.7. The molecular weight excluding hydrogens is 396 g/mol. The van der Waals surface area contributed by atoms with Crippen molar-refractivity contribution in [2.24, 2.45) is 0 Å². The van der Waals surface area contributed by atoms with Gasteiger partial charge in [0.2, 0.25) is 5.89 Å². The fourth-order valence-corrected chi connectivity index (χ4v) is 4.61. The molecule has 3 aromatic rings. The Labute approximate surface area is 181 Å². The third-order valence-corrected chi connectivity index (χ3v) is 6.40. The zero-order chi connectivity index (χ0) is 20.8. The minimum absolute atomic E-state index is 0.141. The SMILES string of the molecule is Cc1ccc(-c2nc(CCNC(=O)NCC(c3cccs3)N3CCCC3)co2)cc1. The number of benzene rings is 1. The molecule has 1 unspecified atom stereocenters. The molecule has 7 heteroatoms. The van der Waals surface area contributed by atoms with E-state index in [1.807, 2.05) is 24.3 Å². The smallest absolute Gasteiger partial charge is 0.314 e. The Kier molecular flexibility index (Phi) is 6.81. The lowest BCUT2D eigenvalue weighted by molar-refractivity contribution is 0.222. The van der Waals surface area contributed by atoms with Crippen molar-refractivity contribution >= 4 is 17.4 Å². The molecule has 30 heavy (non-hydrogen) atoms. The zero-order valence-corrected chi connectivity index (χ0v) is 18.1. The lowest BCUT2D eigenvalue weighted by Crippen LogP contribution is -2.42. The van der Waals surface area contributed by atoms with Crippen LogP contribution in [0.1, 0.15) is 35.0 Å². The highest BCUT2D eigenvalue weighted by Crippen LogP contribution is 2.27. The van der Waals surface area contributed by atoms with Crippen molar-refractivity contribution in [2.75, 3.05) is 26.2 Å². The molecule has 4 rings (SSSR count). The number of hydrogen-bond acceptors (Lipinski definition) is 5. The van der Waals surface area contributed by atoms with Crippen LogP contribution in [0, 0.1) is 6.92 Å². The van der Waals surface area contributed by atoms with E-state index in [9.17, 15) is 4.79 Å². The molecule has 1 fully saturated rings. The van der Waals surface area contributed by atoms with Crippen LogP contribution in [-0.2, 0) is 6.42 Å². The third-order valence-electron chi connectivity index (χ3n) is 5.43. The summed E-state index contributed by atoms with van der Waals surface area (Å²) >= 11 is 1.75. The van der Waals surface area contributed by atoms with Crippen LogP contribution in [0.15, 0.2) is 52.5 Å². The molecule has 6 nitrogen and oxygen atoms in total. The summed E-state index contributed by atoms with van der Waals surface area (Å²) in [6, 6.07) is 12.4. The van der Waals surface area contributed by atoms with E-state index in [-0.39, 0.29) is 12.1 Å². The van der Waals surface area contributed by atoms with Gasteiger partial charge in [-0.05, 0) is 56.4 Å². The molecule has 158 valence electrons. The van der Waals surface area contributed by atoms with E-state index in [4.69, 9.17) is 4.42 Å². The van der Waals surface area contributed by atoms with Crippen LogP contribution < -0.4 is 10.6 Å². The van der Waals surface area contributed by atoms with Gasteiger partial charge in [-0.15, -0.1) is 11.3 Å². The first-order valence-electron chi connectivity index (χ1n) is 10.5. The van der Waals surface area contributed by atoms with Crippen LogP contribution in [0.3, 0.4) is 0 Å². The van der Waals surface area contributed by atoms with E-state index in [1.165, 1.54) is 23.3 Å². The monoisotopic (exact) mass is 424 g/mol. The summed E-state index contributed by atoms with van der Waals surface area (Å²) in [5.41, 5.74) is 2.99. The molecule has 1 aromatic carbocycles. The molecule has 0 spiro atoms. The van der Waals surface area contributed by atoms with Gasteiger partial charge in [-0.2, -0.15) is 0 Å². The lowest BCUT2D eigenvalue weighted by Gasteiger charge is -2.26. The Balaban J connectivity index is 1.23. The number of nitrogens with zero attached hydrogens (tertiary/aromatic N) is 2. The molecule has 2 N–H and O–H groups in total. The summed E-state index contributed by atoms with van der Waals surface area (Å²) in [5, 5.41) is 8.07. The zero-order valence-electron chi connectivity index (χ0n) is 17.3. The second-order valence-electron chi connectivity index (χ2n) is 7.67. The van der Waals surface area contributed by atoms with Gasteiger partial charge in [-0.3, -0.25) is 4.90 Å². The second-order valence-corrected chi connectivity index (χ2v) is 8.65. The highest BCUT2D eigenvalue weighted by molar-refractivity contribution is 7.10. The lowest BCUT2D eigenvalue weighted by atomic mass is 10.1. The maximum absolute atomic E-state index is 12.3. The van der Waals surface area contributed by atoms with Crippen molar-refractivity contribution in [3.05, 3.63) is 64.2 Å². The summed E-state index contributed by atoms with van der Waals surface area (Å²) in [4.78, 5) is 20.6. The number of amides is 2. The quantitative estimate of drug-likeness (QED) is 0.563. The first-order valence-corrected chi connectivity index (χ1v) is 11.4. The van der Waals surface area contributed by atoms with Crippen molar-refractivity contribution in [2.45, 2.75) is 32.2 Å². The average molecular weight is 425 g/mol. The van der Waals surface area contributed by atoms with Gasteiger partial charge in [-0.1, -0.05) is 23.8 Å². The highest BCUT2D eigenvalue weighted by atomic mass is 32.1. The number of urea groups is 1. The van der Waals surface area contributed by atoms with Crippen LogP contribution in [-0.4, -0.2) is 42.1 Å². The average Bonchev–Trinajstić information content (AvgIpc) is 3.52. The van der Waals surface area contributed by atoms with Gasteiger partial charge in [0.15, 0.2) is 0 Å². The molecule has 0 radical (unpaired) electrons. The summed E-state index contributed by atoms with van der Waals surface area (Å²) in [5.74, 6) is 0.610. The number of likely N-dealkylation sites (tertiary alicyclic amines) is 1. The number of aryl methyl sites for hydroxylation is 1. The molecule has 1 aliphatic heterocycles. The minimum atomic E-state index is -0.141. The van der Waals surface area contributed by atoms with Gasteiger partial charge >= 0.3 is 6.03 Å². The predicted octanol–water partition coefficient (Wildman–Crippen LogP) is 4.39. The number of carbonyl (C=O) groups excluding carboxylic acids is 1. The fraction of sp³-hybridized carbons (Fsp3) is 0.391. The molecule has 0 bridgehead atoms. The van der Waals surface area contributed by atoms with Gasteiger partial charge in [0.1, 0.15) is 6.26 Å². The van der Waals surface area contributed by atoms with Crippen molar-refractivity contribution in [3.63, 3.8) is 0 Å². The number of hydrogen-bond donors (Lipinski definition) is 2. The Bertz CT molecular complexity index is 931. The van der Waals surface area contributed by atoms with E-state index in [2.05, 4.69) is 45.0 Å². The van der Waals surface area contributed by atoms with Crippen molar-refractivity contribution in [3.8, 4) is 11.5 Å². The maximum atomic E-state index is 12.3. The standard InChI is InChI=1S/C23H28N4O2S/c1-17-6-8-18(9-7-17)22-26-19(16-29-22)10-11-24-23(28)25-15-20(21-5-4-14-30-21)27-12-2-3-13-27/h4-9,14,16,20H,2-3,10-13,15H2,1H3,(H2,24,25,28). The third kappa shape index (κ3) is 5.29. The van der Waals surface area contributed by atoms with Crippen LogP contribution in [0.5, 0.6) is 0 Å². The predicted molar refractivity (Wildman–Crippen MR) is 120 cm³/mol. The van der Waals surface area contributed by atoms with Crippen molar-refractivity contribution in [1.82, 2.24) is 20.5 Å². The summed E-state index contributed by atoms with van der Waals surface area (Å²) < 4.78 is 5.58. The molecule has 2 aromatic heterocycles. The minimum Gasteiger partial charge on any atom is -0.444 e. The van der Waals surface area contributed by atoms with E-state index in [0.29, 0.717) is 25.4 Å². The van der Waals surface area contributed by atoms with Gasteiger partial charge < -0.3 is 15.1 Å². The number of oxazole rings is 1. The van der Waals surface area contributed by atoms with Gasteiger partial charge in [0, 0.05) is 30.0 Å². The van der Waals surface area contributed by atoms with Crippen LogP contribution in [0.2, 0.25) is 0 Å². The van der Waals surface area contributed by atoms with Gasteiger partial charge in [0.25, 0.3) is 0 Å².